The number of hydrogen-bond acceptors (Lipinski definition) is 1. The van der Waals surface area contributed by atoms with E-state index in [9.17, 15) is 0 Å². The van der Waals surface area contributed by atoms with Gasteiger partial charge in [-0.3, -0.25) is 4.40 Å². The third-order valence-electron chi connectivity index (χ3n) is 9.31. The molecule has 0 saturated heterocycles. The number of imidazole rings is 1. The van der Waals surface area contributed by atoms with Crippen molar-refractivity contribution in [1.29, 1.82) is 0 Å². The van der Waals surface area contributed by atoms with E-state index in [1.165, 1.54) is 76.0 Å². The number of rotatable bonds is 1. The zero-order chi connectivity index (χ0) is 28.1. The Kier molecular flexibility index (Phi) is 4.48. The van der Waals surface area contributed by atoms with Gasteiger partial charge in [-0.05, 0) is 73.1 Å². The van der Waals surface area contributed by atoms with Gasteiger partial charge in [0.1, 0.15) is 5.65 Å². The van der Waals surface area contributed by atoms with Crippen LogP contribution in [0.15, 0.2) is 146 Å². The molecule has 0 spiro atoms. The summed E-state index contributed by atoms with van der Waals surface area (Å²) in [6.45, 7) is 0. The van der Waals surface area contributed by atoms with Gasteiger partial charge in [0.05, 0.1) is 16.6 Å². The first kappa shape index (κ1) is 22.9. The Morgan fingerprint density at radius 2 is 0.977 bits per heavy atom. The number of benzene rings is 8. The zero-order valence-electron chi connectivity index (χ0n) is 23.3. The molecule has 8 aromatic carbocycles. The molecule has 0 unspecified atom stereocenters. The Labute approximate surface area is 247 Å². The third-order valence-corrected chi connectivity index (χ3v) is 9.31. The Hall–Kier alpha value is -5.73. The first-order valence-corrected chi connectivity index (χ1v) is 14.8. The zero-order valence-corrected chi connectivity index (χ0v) is 23.3. The van der Waals surface area contributed by atoms with E-state index in [2.05, 4.69) is 150 Å². The third kappa shape index (κ3) is 3.05. The van der Waals surface area contributed by atoms with Crippen molar-refractivity contribution in [3.8, 4) is 11.1 Å². The second kappa shape index (κ2) is 8.40. The van der Waals surface area contributed by atoms with Gasteiger partial charge in [0.2, 0.25) is 0 Å². The van der Waals surface area contributed by atoms with E-state index >= 15 is 0 Å². The number of nitrogens with zero attached hydrogens (tertiary/aromatic N) is 2. The average Bonchev–Trinajstić information content (AvgIpc) is 3.50. The van der Waals surface area contributed by atoms with Gasteiger partial charge < -0.3 is 0 Å². The molecule has 0 aliphatic carbocycles. The van der Waals surface area contributed by atoms with Crippen LogP contribution in [0.25, 0.3) is 92.6 Å². The molecule has 10 rings (SSSR count). The molecule has 2 aromatic heterocycles. The maximum atomic E-state index is 5.43. The normalized spacial score (nSPS) is 12.2. The monoisotopic (exact) mass is 544 g/mol. The lowest BCUT2D eigenvalue weighted by atomic mass is 9.92. The van der Waals surface area contributed by atoms with Gasteiger partial charge >= 0.3 is 0 Å². The molecule has 0 bridgehead atoms. The van der Waals surface area contributed by atoms with Crippen LogP contribution in [0.2, 0.25) is 0 Å². The Morgan fingerprint density at radius 1 is 0.395 bits per heavy atom. The minimum atomic E-state index is 1.00. The number of pyridine rings is 1. The molecule has 0 N–H and O–H groups in total. The van der Waals surface area contributed by atoms with Gasteiger partial charge in [0.15, 0.2) is 0 Å². The van der Waals surface area contributed by atoms with Crippen LogP contribution in [0.5, 0.6) is 0 Å². The Balaban J connectivity index is 1.38. The van der Waals surface area contributed by atoms with Gasteiger partial charge in [-0.15, -0.1) is 0 Å². The largest absolute Gasteiger partial charge is 0.291 e. The SMILES string of the molecule is c1ccc2c(c1)cc(-c1ccc3c(c1)c1ccccc1n1c3nc3c4ccccc4c4ccccc4c31)c1ccccc12. The quantitative estimate of drug-likeness (QED) is 0.188. The van der Waals surface area contributed by atoms with Crippen molar-refractivity contribution >= 4 is 81.4 Å². The first-order chi connectivity index (χ1) is 21.3. The van der Waals surface area contributed by atoms with Crippen LogP contribution in [-0.4, -0.2) is 9.38 Å². The molecule has 198 valence electrons. The van der Waals surface area contributed by atoms with Crippen LogP contribution in [0, 0.1) is 0 Å². The van der Waals surface area contributed by atoms with Gasteiger partial charge in [-0.25, -0.2) is 4.98 Å². The number of fused-ring (bicyclic) bond motifs is 16. The summed E-state index contributed by atoms with van der Waals surface area (Å²) in [4.78, 5) is 5.43. The topological polar surface area (TPSA) is 17.3 Å². The van der Waals surface area contributed by atoms with Crippen LogP contribution >= 0.6 is 0 Å². The van der Waals surface area contributed by atoms with Crippen LogP contribution in [-0.2, 0) is 0 Å². The fourth-order valence-corrected chi connectivity index (χ4v) is 7.44. The van der Waals surface area contributed by atoms with E-state index in [4.69, 9.17) is 4.98 Å². The standard InChI is InChI=1S/C41H24N2/c1-2-12-27-25(11-1)23-36(31-16-4-3-13-28(27)31)26-21-22-35-37(24-26)32-17-9-10-20-38(32)43-40-34-19-8-6-15-30(34)29-14-5-7-18-33(29)39(40)42-41(35)43/h1-24H. The molecule has 2 heteroatoms. The lowest BCUT2D eigenvalue weighted by Crippen LogP contribution is -1.93. The van der Waals surface area contributed by atoms with Gasteiger partial charge in [-0.2, -0.15) is 0 Å². The molecule has 10 aromatic rings. The van der Waals surface area contributed by atoms with Crippen molar-refractivity contribution < 1.29 is 0 Å². The highest BCUT2D eigenvalue weighted by Crippen LogP contribution is 2.41. The van der Waals surface area contributed by atoms with E-state index in [0.29, 0.717) is 0 Å². The van der Waals surface area contributed by atoms with E-state index in [1.807, 2.05) is 0 Å². The van der Waals surface area contributed by atoms with Crippen molar-refractivity contribution in [1.82, 2.24) is 9.38 Å². The second-order valence-electron chi connectivity index (χ2n) is 11.5. The van der Waals surface area contributed by atoms with E-state index in [0.717, 1.165) is 16.6 Å². The molecule has 0 radical (unpaired) electrons. The van der Waals surface area contributed by atoms with Crippen LogP contribution < -0.4 is 0 Å². The minimum Gasteiger partial charge on any atom is -0.291 e. The van der Waals surface area contributed by atoms with Crippen LogP contribution in [0.1, 0.15) is 0 Å². The van der Waals surface area contributed by atoms with E-state index in [-0.39, 0.29) is 0 Å². The molecule has 2 heterocycles. The number of para-hydroxylation sites is 1. The number of hydrogen-bond donors (Lipinski definition) is 0. The summed E-state index contributed by atoms with van der Waals surface area (Å²) in [5.74, 6) is 0. The molecule has 0 fully saturated rings. The molecule has 0 aliphatic heterocycles. The molecule has 0 amide bonds. The fraction of sp³-hybridized carbons (Fsp3) is 0. The van der Waals surface area contributed by atoms with Crippen molar-refractivity contribution in [2.24, 2.45) is 0 Å². The van der Waals surface area contributed by atoms with Gasteiger partial charge in [0, 0.05) is 21.5 Å². The molecule has 43 heavy (non-hydrogen) atoms. The summed E-state index contributed by atoms with van der Waals surface area (Å²) in [6, 6.07) is 53.0. The van der Waals surface area contributed by atoms with Gasteiger partial charge in [0.25, 0.3) is 0 Å². The lowest BCUT2D eigenvalue weighted by Gasteiger charge is -2.14. The molecular formula is C41H24N2. The average molecular weight is 545 g/mol. The summed E-state index contributed by atoms with van der Waals surface area (Å²) in [6.07, 6.45) is 0. The highest BCUT2D eigenvalue weighted by Gasteiger charge is 2.19. The molecule has 0 saturated carbocycles. The predicted molar refractivity (Wildman–Crippen MR) is 183 cm³/mol. The maximum Gasteiger partial charge on any atom is 0.146 e. The lowest BCUT2D eigenvalue weighted by molar-refractivity contribution is 1.32. The predicted octanol–water partition coefficient (Wildman–Crippen LogP) is 11.1. The Bertz CT molecular complexity index is 2780. The summed E-state index contributed by atoms with van der Waals surface area (Å²) < 4.78 is 2.40. The number of aromatic nitrogens is 2. The summed E-state index contributed by atoms with van der Waals surface area (Å²) in [7, 11) is 0. The van der Waals surface area contributed by atoms with Crippen LogP contribution in [0.4, 0.5) is 0 Å². The Morgan fingerprint density at radius 3 is 1.77 bits per heavy atom. The summed E-state index contributed by atoms with van der Waals surface area (Å²) in [5.41, 5.74) is 6.87. The fourth-order valence-electron chi connectivity index (χ4n) is 7.44. The van der Waals surface area contributed by atoms with Crippen molar-refractivity contribution in [2.75, 3.05) is 0 Å². The maximum absolute atomic E-state index is 5.43. The highest BCUT2D eigenvalue weighted by molar-refractivity contribution is 6.26. The van der Waals surface area contributed by atoms with E-state index < -0.39 is 0 Å². The van der Waals surface area contributed by atoms with Crippen LogP contribution in [0.3, 0.4) is 0 Å². The van der Waals surface area contributed by atoms with E-state index in [1.54, 1.807) is 0 Å². The van der Waals surface area contributed by atoms with Crippen molar-refractivity contribution in [3.63, 3.8) is 0 Å². The first-order valence-electron chi connectivity index (χ1n) is 14.8. The molecule has 2 nitrogen and oxygen atoms in total. The smallest absolute Gasteiger partial charge is 0.146 e. The molecule has 0 atom stereocenters. The van der Waals surface area contributed by atoms with Crippen molar-refractivity contribution in [3.05, 3.63) is 146 Å². The summed E-state index contributed by atoms with van der Waals surface area (Å²) in [5, 5.41) is 13.7. The molecule has 0 aliphatic rings. The summed E-state index contributed by atoms with van der Waals surface area (Å²) >= 11 is 0. The van der Waals surface area contributed by atoms with Crippen molar-refractivity contribution in [2.45, 2.75) is 0 Å². The highest BCUT2D eigenvalue weighted by atomic mass is 15.0. The second-order valence-corrected chi connectivity index (χ2v) is 11.5. The van der Waals surface area contributed by atoms with Gasteiger partial charge in [-0.1, -0.05) is 121 Å². The minimum absolute atomic E-state index is 1.00. The molecular weight excluding hydrogens is 520 g/mol.